The van der Waals surface area contributed by atoms with Crippen molar-refractivity contribution in [2.75, 3.05) is 0 Å². The summed E-state index contributed by atoms with van der Waals surface area (Å²) in [5, 5.41) is 0. The molecule has 2 aliphatic carbocycles. The van der Waals surface area contributed by atoms with Gasteiger partial charge in [-0.15, -0.1) is 17.0 Å². The first kappa shape index (κ1) is 34.2. The number of aryl methyl sites for hydroxylation is 2. The summed E-state index contributed by atoms with van der Waals surface area (Å²) in [6.45, 7) is 9.46. The predicted molar refractivity (Wildman–Crippen MR) is 145 cm³/mol. The number of fused-ring (bicyclic) bond motifs is 2. The van der Waals surface area contributed by atoms with Crippen LogP contribution in [0.1, 0.15) is 54.2 Å². The van der Waals surface area contributed by atoms with Crippen LogP contribution in [0.5, 0.6) is 0 Å². The van der Waals surface area contributed by atoms with E-state index in [1.807, 2.05) is 0 Å². The molecule has 0 saturated carbocycles. The van der Waals surface area contributed by atoms with E-state index in [9.17, 15) is 0 Å². The van der Waals surface area contributed by atoms with E-state index < -0.39 is 0 Å². The summed E-state index contributed by atoms with van der Waals surface area (Å²) in [6, 6.07) is 9.75. The van der Waals surface area contributed by atoms with Crippen LogP contribution in [-0.4, -0.2) is 35.1 Å². The van der Waals surface area contributed by atoms with Crippen LogP contribution in [0.25, 0.3) is 0 Å². The number of halogens is 4. The minimum atomic E-state index is 0. The van der Waals surface area contributed by atoms with E-state index in [0.717, 1.165) is 47.5 Å². The third-order valence-electron chi connectivity index (χ3n) is 5.45. The molecule has 0 bridgehead atoms. The predicted octanol–water partition coefficient (Wildman–Crippen LogP) is 2.92. The van der Waals surface area contributed by atoms with Gasteiger partial charge in [0.25, 0.3) is 0 Å². The second kappa shape index (κ2) is 16.6. The van der Waals surface area contributed by atoms with Crippen molar-refractivity contribution >= 4 is 71.9 Å². The van der Waals surface area contributed by atoms with Crippen molar-refractivity contribution in [3.05, 3.63) is 73.5 Å². The summed E-state index contributed by atoms with van der Waals surface area (Å²) in [7, 11) is 0. The van der Waals surface area contributed by atoms with Crippen LogP contribution in [0.15, 0.2) is 33.2 Å². The van der Waals surface area contributed by atoms with Gasteiger partial charge in [0.1, 0.15) is 0 Å². The Kier molecular flexibility index (Phi) is 18.4. The van der Waals surface area contributed by atoms with E-state index in [2.05, 4.69) is 76.9 Å². The molecule has 0 unspecified atom stereocenters. The van der Waals surface area contributed by atoms with Gasteiger partial charge in [-0.05, 0) is 116 Å². The zero-order chi connectivity index (χ0) is 20.8. The van der Waals surface area contributed by atoms with Crippen LogP contribution < -0.4 is 28.4 Å². The van der Waals surface area contributed by atoms with Gasteiger partial charge >= 0.3 is 23.1 Å². The molecule has 0 atom stereocenters. The molecule has 170 valence electrons. The topological polar surface area (TPSA) is 52.0 Å². The summed E-state index contributed by atoms with van der Waals surface area (Å²) in [6.07, 6.45) is 6.47. The summed E-state index contributed by atoms with van der Waals surface area (Å²) in [5.41, 5.74) is 20.6. The van der Waals surface area contributed by atoms with E-state index in [0.29, 0.717) is 12.1 Å². The van der Waals surface area contributed by atoms with Gasteiger partial charge in [-0.3, -0.25) is 0 Å². The number of rotatable bonds is 2. The summed E-state index contributed by atoms with van der Waals surface area (Å²) < 4.78 is 2.24. The molecule has 0 aliphatic heterocycles. The van der Waals surface area contributed by atoms with Gasteiger partial charge in [-0.1, -0.05) is 26.0 Å². The molecule has 0 radical (unpaired) electrons. The van der Waals surface area contributed by atoms with Crippen molar-refractivity contribution < 1.29 is 17.0 Å². The van der Waals surface area contributed by atoms with Crippen molar-refractivity contribution in [3.63, 3.8) is 0 Å². The maximum atomic E-state index is 5.97. The standard InChI is InChI=1S/C13H19N.C9H9Br2N.C2H5.2BrH.Mg/c1-3-9-5-11-7-13(14)8-12(11)6-10(9)4-2;10-8-3-5-1-7(12)2-6(5)4-9(8)11;1-2;;;/h5-6,13H,3-4,7-8,14H2,1-2H3;3-4,7H,1-2,12H2;1H2,2H3;2*1H;/q;;-1;;;+2/p-1. The van der Waals surface area contributed by atoms with Crippen LogP contribution in [0.4, 0.5) is 0 Å². The minimum Gasteiger partial charge on any atom is -1.00 e. The molecule has 0 aromatic heterocycles. The van der Waals surface area contributed by atoms with Crippen LogP contribution in [0.2, 0.25) is 0 Å². The normalized spacial score (nSPS) is 13.8. The fraction of sp³-hybridized carbons (Fsp3) is 0.458. The van der Waals surface area contributed by atoms with Crippen molar-refractivity contribution in [1.82, 2.24) is 0 Å². The van der Waals surface area contributed by atoms with Crippen LogP contribution in [0.3, 0.4) is 0 Å². The number of benzene rings is 2. The second-order valence-corrected chi connectivity index (χ2v) is 9.18. The molecule has 7 heteroatoms. The molecular formula is C24H34Br4MgN2. The number of hydrogen-bond donors (Lipinski definition) is 2. The Morgan fingerprint density at radius 3 is 1.26 bits per heavy atom. The molecule has 4 N–H and O–H groups in total. The van der Waals surface area contributed by atoms with Crippen LogP contribution >= 0.6 is 48.8 Å². The zero-order valence-corrected chi connectivity index (χ0v) is 26.7. The average molecular weight is 694 g/mol. The van der Waals surface area contributed by atoms with Crippen molar-refractivity contribution in [2.45, 2.75) is 71.4 Å². The molecule has 2 nitrogen and oxygen atoms in total. The Morgan fingerprint density at radius 2 is 1.00 bits per heavy atom. The fourth-order valence-corrected chi connectivity index (χ4v) is 4.89. The first-order chi connectivity index (χ1) is 13.4. The minimum absolute atomic E-state index is 0. The Balaban J connectivity index is 0. The Morgan fingerprint density at radius 1 is 0.742 bits per heavy atom. The van der Waals surface area contributed by atoms with Gasteiger partial charge in [0.2, 0.25) is 0 Å². The molecular weight excluding hydrogens is 660 g/mol. The molecule has 0 spiro atoms. The fourth-order valence-electron chi connectivity index (χ4n) is 4.11. The smallest absolute Gasteiger partial charge is 1.00 e. The van der Waals surface area contributed by atoms with Crippen molar-refractivity contribution in [1.29, 1.82) is 0 Å². The first-order valence-electron chi connectivity index (χ1n) is 10.2. The molecule has 0 amide bonds. The molecule has 31 heavy (non-hydrogen) atoms. The largest absolute Gasteiger partial charge is 2.00 e. The quantitative estimate of drug-likeness (QED) is 0.376. The molecule has 2 aliphatic rings. The van der Waals surface area contributed by atoms with Gasteiger partial charge in [0.05, 0.1) is 0 Å². The van der Waals surface area contributed by atoms with E-state index in [1.54, 1.807) is 6.92 Å². The number of hydrogen-bond acceptors (Lipinski definition) is 2. The maximum absolute atomic E-state index is 5.97. The Labute approximate surface area is 243 Å². The monoisotopic (exact) mass is 690 g/mol. The van der Waals surface area contributed by atoms with Crippen LogP contribution in [0, 0.1) is 6.92 Å². The average Bonchev–Trinajstić information content (AvgIpc) is 3.22. The van der Waals surface area contributed by atoms with Crippen LogP contribution in [-0.2, 0) is 38.5 Å². The molecule has 4 rings (SSSR count). The van der Waals surface area contributed by atoms with Gasteiger partial charge < -0.3 is 35.4 Å². The van der Waals surface area contributed by atoms with Gasteiger partial charge in [0, 0.05) is 21.0 Å². The first-order valence-corrected chi connectivity index (χ1v) is 11.8. The third kappa shape index (κ3) is 9.31. The molecule has 0 fully saturated rings. The Bertz CT molecular complexity index is 751. The zero-order valence-electron chi connectivity index (χ0n) is 18.8. The van der Waals surface area contributed by atoms with E-state index in [-0.39, 0.29) is 57.0 Å². The van der Waals surface area contributed by atoms with Gasteiger partial charge in [-0.2, -0.15) is 6.92 Å². The SMILES string of the molecule is Br.CCc1cc2c(cc1CC)CC(N)C2.NC1Cc2cc(Br)c(Br)cc2C1.[Br-].[CH2-]C.[Mg+2]. The number of nitrogens with two attached hydrogens (primary N) is 2. The summed E-state index contributed by atoms with van der Waals surface area (Å²) >= 11 is 6.96. The molecule has 2 aromatic carbocycles. The maximum Gasteiger partial charge on any atom is 2.00 e. The van der Waals surface area contributed by atoms with E-state index in [1.165, 1.54) is 33.4 Å². The van der Waals surface area contributed by atoms with E-state index >= 15 is 0 Å². The Hall–Kier alpha value is 1.05. The van der Waals surface area contributed by atoms with Gasteiger partial charge in [0.15, 0.2) is 0 Å². The summed E-state index contributed by atoms with van der Waals surface area (Å²) in [4.78, 5) is 0. The van der Waals surface area contributed by atoms with Crippen molar-refractivity contribution in [3.8, 4) is 0 Å². The second-order valence-electron chi connectivity index (χ2n) is 7.47. The van der Waals surface area contributed by atoms with Gasteiger partial charge in [-0.25, -0.2) is 0 Å². The summed E-state index contributed by atoms with van der Waals surface area (Å²) in [5.74, 6) is 0. The molecule has 2 aromatic rings. The molecule has 0 saturated heterocycles. The third-order valence-corrected chi connectivity index (χ3v) is 7.30. The van der Waals surface area contributed by atoms with Crippen molar-refractivity contribution in [2.24, 2.45) is 11.5 Å². The van der Waals surface area contributed by atoms with E-state index in [4.69, 9.17) is 11.5 Å². The molecule has 0 heterocycles.